The van der Waals surface area contributed by atoms with E-state index in [4.69, 9.17) is 4.42 Å². The van der Waals surface area contributed by atoms with Crippen molar-refractivity contribution in [2.45, 2.75) is 56.7 Å². The minimum Gasteiger partial charge on any atom is -0.459 e. The highest BCUT2D eigenvalue weighted by Crippen LogP contribution is 2.37. The molecule has 1 aromatic heterocycles. The number of hydrogen-bond acceptors (Lipinski definition) is 4. The summed E-state index contributed by atoms with van der Waals surface area (Å²) in [4.78, 5) is 30.4. The average molecular weight is 396 g/mol. The van der Waals surface area contributed by atoms with Gasteiger partial charge in [0, 0.05) is 31.9 Å². The molecule has 2 amide bonds. The fourth-order valence-electron chi connectivity index (χ4n) is 4.12. The third kappa shape index (κ3) is 4.31. The van der Waals surface area contributed by atoms with E-state index in [2.05, 4.69) is 5.32 Å². The molecule has 2 fully saturated rings. The Morgan fingerprint density at radius 1 is 1.03 bits per heavy atom. The number of carbonyl (C=O) groups is 2. The van der Waals surface area contributed by atoms with Crippen molar-refractivity contribution in [2.24, 2.45) is 0 Å². The average Bonchev–Trinajstić information content (AvgIpc) is 3.17. The fourth-order valence-corrected chi connectivity index (χ4v) is 4.12. The highest BCUT2D eigenvalue weighted by atomic mass is 16.3. The Hall–Kier alpha value is -2.76. The Morgan fingerprint density at radius 2 is 1.72 bits per heavy atom. The molecule has 0 saturated heterocycles. The first kappa shape index (κ1) is 19.6. The van der Waals surface area contributed by atoms with Crippen LogP contribution in [-0.2, 0) is 4.79 Å². The van der Waals surface area contributed by atoms with Crippen LogP contribution < -0.4 is 10.2 Å². The second kappa shape index (κ2) is 8.31. The molecule has 1 aromatic carbocycles. The van der Waals surface area contributed by atoms with Crippen LogP contribution in [0.4, 0.5) is 5.69 Å². The van der Waals surface area contributed by atoms with Gasteiger partial charge in [0.2, 0.25) is 5.91 Å². The Balaban J connectivity index is 1.67. The first-order valence-corrected chi connectivity index (χ1v) is 10.5. The molecule has 0 spiro atoms. The quantitative estimate of drug-likeness (QED) is 0.775. The highest BCUT2D eigenvalue weighted by molar-refractivity contribution is 5.96. The molecule has 0 aliphatic heterocycles. The van der Waals surface area contributed by atoms with Gasteiger partial charge in [-0.1, -0.05) is 25.0 Å². The van der Waals surface area contributed by atoms with Gasteiger partial charge in [0.1, 0.15) is 6.04 Å². The molecule has 0 unspecified atom stereocenters. The van der Waals surface area contributed by atoms with Crippen molar-refractivity contribution in [1.29, 1.82) is 0 Å². The summed E-state index contributed by atoms with van der Waals surface area (Å²) in [6, 6.07) is 10.9. The number of benzene rings is 1. The predicted octanol–water partition coefficient (Wildman–Crippen LogP) is 3.75. The van der Waals surface area contributed by atoms with Crippen molar-refractivity contribution < 1.29 is 14.0 Å². The number of anilines is 1. The van der Waals surface area contributed by atoms with Crippen molar-refractivity contribution in [2.75, 3.05) is 19.0 Å². The summed E-state index contributed by atoms with van der Waals surface area (Å²) in [7, 11) is 3.96. The summed E-state index contributed by atoms with van der Waals surface area (Å²) in [6.07, 6.45) is 7.62. The van der Waals surface area contributed by atoms with Crippen LogP contribution in [0.5, 0.6) is 0 Å². The molecule has 0 bridgehead atoms. The molecule has 6 heteroatoms. The first-order valence-electron chi connectivity index (χ1n) is 10.5. The monoisotopic (exact) mass is 395 g/mol. The van der Waals surface area contributed by atoms with E-state index in [1.165, 1.54) is 6.26 Å². The summed E-state index contributed by atoms with van der Waals surface area (Å²) in [6.45, 7) is 0. The van der Waals surface area contributed by atoms with Crippen LogP contribution in [0.3, 0.4) is 0 Å². The summed E-state index contributed by atoms with van der Waals surface area (Å²) < 4.78 is 5.37. The normalized spacial score (nSPS) is 17.7. The van der Waals surface area contributed by atoms with Crippen LogP contribution in [0.15, 0.2) is 47.1 Å². The number of rotatable bonds is 7. The molecule has 2 saturated carbocycles. The van der Waals surface area contributed by atoms with Gasteiger partial charge in [-0.05, 0) is 55.5 Å². The lowest BCUT2D eigenvalue weighted by Crippen LogP contribution is -2.47. The van der Waals surface area contributed by atoms with E-state index in [9.17, 15) is 9.59 Å². The van der Waals surface area contributed by atoms with Crippen molar-refractivity contribution in [3.8, 4) is 0 Å². The van der Waals surface area contributed by atoms with Gasteiger partial charge in [-0.2, -0.15) is 0 Å². The van der Waals surface area contributed by atoms with Gasteiger partial charge in [0.25, 0.3) is 5.91 Å². The molecule has 29 heavy (non-hydrogen) atoms. The minimum atomic E-state index is -0.656. The Labute approximate surface area is 171 Å². The number of amides is 2. The largest absolute Gasteiger partial charge is 0.459 e. The molecule has 2 aliphatic carbocycles. The molecule has 1 atom stereocenters. The van der Waals surface area contributed by atoms with E-state index in [1.807, 2.05) is 43.3 Å². The van der Waals surface area contributed by atoms with Gasteiger partial charge in [-0.3, -0.25) is 9.59 Å². The standard InChI is InChI=1S/C23H29N3O3/c1-25(2)18-11-9-16(10-12-18)21(22(27)24-17-6-3-4-7-17)26(19-13-14-19)23(28)20-8-5-15-29-20/h5,8-12,15,17,19,21H,3-4,6-7,13-14H2,1-2H3,(H,24,27)/t21-/m1/s1. The summed E-state index contributed by atoms with van der Waals surface area (Å²) in [5.74, 6) is -0.0393. The van der Waals surface area contributed by atoms with Gasteiger partial charge in [0.05, 0.1) is 6.26 Å². The van der Waals surface area contributed by atoms with Crippen molar-refractivity contribution >= 4 is 17.5 Å². The van der Waals surface area contributed by atoms with Gasteiger partial charge < -0.3 is 19.5 Å². The second-order valence-electron chi connectivity index (χ2n) is 8.30. The van der Waals surface area contributed by atoms with Crippen LogP contribution >= 0.6 is 0 Å². The molecule has 0 radical (unpaired) electrons. The van der Waals surface area contributed by atoms with Gasteiger partial charge in [-0.15, -0.1) is 0 Å². The Kier molecular flexibility index (Phi) is 5.60. The van der Waals surface area contributed by atoms with E-state index in [0.717, 1.165) is 49.8 Å². The maximum atomic E-state index is 13.4. The highest BCUT2D eigenvalue weighted by Gasteiger charge is 2.43. The molecule has 2 aliphatic rings. The molecule has 1 N–H and O–H groups in total. The minimum absolute atomic E-state index is 0.0699. The zero-order chi connectivity index (χ0) is 20.4. The molecule has 4 rings (SSSR count). The van der Waals surface area contributed by atoms with Crippen LogP contribution in [0.25, 0.3) is 0 Å². The maximum Gasteiger partial charge on any atom is 0.290 e. The summed E-state index contributed by atoms with van der Waals surface area (Å²) in [5, 5.41) is 3.20. The van der Waals surface area contributed by atoms with Gasteiger partial charge in [0.15, 0.2) is 5.76 Å². The molecule has 1 heterocycles. The number of hydrogen-bond donors (Lipinski definition) is 1. The maximum absolute atomic E-state index is 13.4. The molecular weight excluding hydrogens is 366 g/mol. The smallest absolute Gasteiger partial charge is 0.290 e. The zero-order valence-corrected chi connectivity index (χ0v) is 17.1. The van der Waals surface area contributed by atoms with E-state index >= 15 is 0 Å². The number of nitrogens with zero attached hydrogens (tertiary/aromatic N) is 2. The SMILES string of the molecule is CN(C)c1ccc([C@H](C(=O)NC2CCCC2)N(C(=O)c2ccco2)C2CC2)cc1. The second-order valence-corrected chi connectivity index (χ2v) is 8.30. The van der Waals surface area contributed by atoms with Crippen LogP contribution in [0.2, 0.25) is 0 Å². The molecule has 154 valence electrons. The van der Waals surface area contributed by atoms with Crippen LogP contribution in [-0.4, -0.2) is 42.9 Å². The van der Waals surface area contributed by atoms with E-state index in [1.54, 1.807) is 17.0 Å². The van der Waals surface area contributed by atoms with E-state index < -0.39 is 6.04 Å². The molecular formula is C23H29N3O3. The number of carbonyl (C=O) groups excluding carboxylic acids is 2. The van der Waals surface area contributed by atoms with Crippen molar-refractivity contribution in [1.82, 2.24) is 10.2 Å². The first-order chi connectivity index (χ1) is 14.0. The predicted molar refractivity (Wildman–Crippen MR) is 112 cm³/mol. The van der Waals surface area contributed by atoms with Crippen LogP contribution in [0, 0.1) is 0 Å². The Morgan fingerprint density at radius 3 is 2.28 bits per heavy atom. The lowest BCUT2D eigenvalue weighted by Gasteiger charge is -2.32. The van der Waals surface area contributed by atoms with Crippen LogP contribution in [0.1, 0.15) is 60.7 Å². The lowest BCUT2D eigenvalue weighted by molar-refractivity contribution is -0.126. The van der Waals surface area contributed by atoms with E-state index in [-0.39, 0.29) is 29.7 Å². The van der Waals surface area contributed by atoms with Gasteiger partial charge >= 0.3 is 0 Å². The number of furan rings is 1. The lowest BCUT2D eigenvalue weighted by atomic mass is 10.0. The van der Waals surface area contributed by atoms with E-state index in [0.29, 0.717) is 0 Å². The molecule has 2 aromatic rings. The van der Waals surface area contributed by atoms with Crippen molar-refractivity contribution in [3.63, 3.8) is 0 Å². The summed E-state index contributed by atoms with van der Waals surface area (Å²) >= 11 is 0. The van der Waals surface area contributed by atoms with Gasteiger partial charge in [-0.25, -0.2) is 0 Å². The summed E-state index contributed by atoms with van der Waals surface area (Å²) in [5.41, 5.74) is 1.89. The molecule has 6 nitrogen and oxygen atoms in total. The number of nitrogens with one attached hydrogen (secondary N) is 1. The zero-order valence-electron chi connectivity index (χ0n) is 17.1. The Bertz CT molecular complexity index is 835. The third-order valence-corrected chi connectivity index (χ3v) is 5.86. The fraction of sp³-hybridized carbons (Fsp3) is 0.478. The topological polar surface area (TPSA) is 65.8 Å². The van der Waals surface area contributed by atoms with Crippen molar-refractivity contribution in [3.05, 3.63) is 54.0 Å². The third-order valence-electron chi connectivity index (χ3n) is 5.86.